The highest BCUT2D eigenvalue weighted by Crippen LogP contribution is 2.43. The molecular formula is C63H128N2O6P+. The molecule has 0 saturated heterocycles. The van der Waals surface area contributed by atoms with Crippen LogP contribution in [0.5, 0.6) is 0 Å². The predicted molar refractivity (Wildman–Crippen MR) is 314 cm³/mol. The maximum atomic E-state index is 13.0. The molecule has 3 N–H and O–H groups in total. The van der Waals surface area contributed by atoms with E-state index in [0.717, 1.165) is 32.1 Å². The van der Waals surface area contributed by atoms with Crippen LogP contribution in [-0.4, -0.2) is 73.4 Å². The van der Waals surface area contributed by atoms with Crippen molar-refractivity contribution in [3.63, 3.8) is 0 Å². The number of carbonyl (C=O) groups excluding carboxylic acids is 1. The van der Waals surface area contributed by atoms with Crippen molar-refractivity contribution in [2.45, 2.75) is 347 Å². The van der Waals surface area contributed by atoms with Gasteiger partial charge in [0.1, 0.15) is 13.2 Å². The summed E-state index contributed by atoms with van der Waals surface area (Å²) in [5.41, 5.74) is 0. The second-order valence-electron chi connectivity index (χ2n) is 23.5. The molecule has 0 aromatic carbocycles. The maximum Gasteiger partial charge on any atom is 0.472 e. The van der Waals surface area contributed by atoms with E-state index in [9.17, 15) is 19.4 Å². The Labute approximate surface area is 450 Å². The van der Waals surface area contributed by atoms with Crippen molar-refractivity contribution >= 4 is 13.7 Å². The molecule has 0 fully saturated rings. The molecule has 0 saturated carbocycles. The number of nitrogens with one attached hydrogen (secondary N) is 1. The van der Waals surface area contributed by atoms with Gasteiger partial charge in [-0.1, -0.05) is 321 Å². The molecule has 0 bridgehead atoms. The van der Waals surface area contributed by atoms with Gasteiger partial charge in [0, 0.05) is 6.42 Å². The average molecular weight is 1040 g/mol. The molecule has 0 aliphatic carbocycles. The number of quaternary nitrogens is 1. The summed E-state index contributed by atoms with van der Waals surface area (Å²) in [5.74, 6) is -0.168. The number of allylic oxidation sites excluding steroid dienone is 1. The van der Waals surface area contributed by atoms with Gasteiger partial charge in [0.25, 0.3) is 0 Å². The summed E-state index contributed by atoms with van der Waals surface area (Å²) >= 11 is 0. The Hall–Kier alpha value is -0.760. The number of hydrogen-bond donors (Lipinski definition) is 3. The van der Waals surface area contributed by atoms with Crippen molar-refractivity contribution in [3.8, 4) is 0 Å². The zero-order chi connectivity index (χ0) is 52.7. The molecule has 0 aliphatic rings. The molecule has 430 valence electrons. The highest BCUT2D eigenvalue weighted by molar-refractivity contribution is 7.47. The summed E-state index contributed by atoms with van der Waals surface area (Å²) in [6.07, 6.45) is 69.1. The molecular weight excluding hydrogens is 912 g/mol. The number of amides is 1. The number of phosphoric acid groups is 1. The molecule has 0 radical (unpaired) electrons. The molecule has 0 aromatic heterocycles. The van der Waals surface area contributed by atoms with Crippen molar-refractivity contribution in [1.29, 1.82) is 0 Å². The van der Waals surface area contributed by atoms with Gasteiger partial charge in [-0.2, -0.15) is 0 Å². The minimum atomic E-state index is -4.34. The lowest BCUT2D eigenvalue weighted by molar-refractivity contribution is -0.870. The Morgan fingerprint density at radius 1 is 0.458 bits per heavy atom. The fraction of sp³-hybridized carbons (Fsp3) is 0.952. The Morgan fingerprint density at radius 2 is 0.736 bits per heavy atom. The van der Waals surface area contributed by atoms with E-state index < -0.39 is 20.0 Å². The van der Waals surface area contributed by atoms with E-state index in [1.165, 1.54) is 283 Å². The second kappa shape index (κ2) is 55.0. The third-order valence-electron chi connectivity index (χ3n) is 15.0. The van der Waals surface area contributed by atoms with Crippen molar-refractivity contribution in [3.05, 3.63) is 12.2 Å². The van der Waals surface area contributed by atoms with Gasteiger partial charge >= 0.3 is 7.82 Å². The summed E-state index contributed by atoms with van der Waals surface area (Å²) in [7, 11) is 1.59. The highest BCUT2D eigenvalue weighted by atomic mass is 31.2. The van der Waals surface area contributed by atoms with Gasteiger partial charge < -0.3 is 19.8 Å². The van der Waals surface area contributed by atoms with Gasteiger partial charge in [-0.05, 0) is 19.3 Å². The number of hydrogen-bond acceptors (Lipinski definition) is 5. The van der Waals surface area contributed by atoms with Crippen molar-refractivity contribution in [2.24, 2.45) is 0 Å². The van der Waals surface area contributed by atoms with E-state index in [-0.39, 0.29) is 19.1 Å². The standard InChI is InChI=1S/C63H127N2O6P/c1-6-8-10-12-14-16-18-20-22-24-26-27-28-29-30-31-32-33-34-35-36-37-38-39-41-43-45-47-49-51-53-55-57-63(67)64-61(60-71-72(68,69)70-59-58-65(3,4)5)62(66)56-54-52-50-48-46-44-42-40-25-23-21-19-17-15-13-11-9-7-2/h54,56,61-62,66H,6-53,55,57-60H2,1-5H3,(H-,64,67,68,69)/p+1/b56-54+. The van der Waals surface area contributed by atoms with Crippen LogP contribution in [0, 0.1) is 0 Å². The van der Waals surface area contributed by atoms with Crippen LogP contribution in [0.3, 0.4) is 0 Å². The van der Waals surface area contributed by atoms with Crippen LogP contribution in [0.4, 0.5) is 0 Å². The van der Waals surface area contributed by atoms with Gasteiger partial charge in [0.05, 0.1) is 39.9 Å². The largest absolute Gasteiger partial charge is 0.472 e. The lowest BCUT2D eigenvalue weighted by Gasteiger charge is -2.25. The van der Waals surface area contributed by atoms with Gasteiger partial charge in [-0.25, -0.2) is 4.57 Å². The van der Waals surface area contributed by atoms with E-state index in [2.05, 4.69) is 19.2 Å². The number of unbranched alkanes of at least 4 members (excludes halogenated alkanes) is 47. The molecule has 0 aromatic rings. The first-order valence-electron chi connectivity index (χ1n) is 32.1. The summed E-state index contributed by atoms with van der Waals surface area (Å²) in [6, 6.07) is -0.842. The zero-order valence-electron chi connectivity index (χ0n) is 49.2. The molecule has 72 heavy (non-hydrogen) atoms. The Bertz CT molecular complexity index is 1180. The van der Waals surface area contributed by atoms with Crippen LogP contribution in [0.25, 0.3) is 0 Å². The van der Waals surface area contributed by atoms with E-state index in [1.807, 2.05) is 27.2 Å². The van der Waals surface area contributed by atoms with Crippen molar-refractivity contribution < 1.29 is 32.9 Å². The monoisotopic (exact) mass is 1040 g/mol. The van der Waals surface area contributed by atoms with Crippen LogP contribution in [0.15, 0.2) is 12.2 Å². The minimum absolute atomic E-state index is 0.0653. The fourth-order valence-electron chi connectivity index (χ4n) is 9.99. The van der Waals surface area contributed by atoms with Crippen LogP contribution >= 0.6 is 7.82 Å². The summed E-state index contributed by atoms with van der Waals surface area (Å²) < 4.78 is 23.8. The molecule has 3 unspecified atom stereocenters. The lowest BCUT2D eigenvalue weighted by atomic mass is 10.0. The van der Waals surface area contributed by atoms with E-state index >= 15 is 0 Å². The van der Waals surface area contributed by atoms with Crippen molar-refractivity contribution in [1.82, 2.24) is 5.32 Å². The smallest absolute Gasteiger partial charge is 0.387 e. The highest BCUT2D eigenvalue weighted by Gasteiger charge is 2.28. The van der Waals surface area contributed by atoms with Crippen LogP contribution < -0.4 is 5.32 Å². The van der Waals surface area contributed by atoms with E-state index in [0.29, 0.717) is 17.4 Å². The molecule has 0 heterocycles. The second-order valence-corrected chi connectivity index (χ2v) is 25.0. The Balaban J connectivity index is 4.01. The third kappa shape index (κ3) is 57.0. The molecule has 0 spiro atoms. The predicted octanol–water partition coefficient (Wildman–Crippen LogP) is 19.8. The first kappa shape index (κ1) is 71.2. The Morgan fingerprint density at radius 3 is 1.03 bits per heavy atom. The molecule has 1 amide bonds. The van der Waals surface area contributed by atoms with Gasteiger partial charge in [0.15, 0.2) is 0 Å². The number of nitrogens with zero attached hydrogens (tertiary/aromatic N) is 1. The fourth-order valence-corrected chi connectivity index (χ4v) is 10.7. The number of carbonyl (C=O) groups is 1. The molecule has 0 aliphatic heterocycles. The normalized spacial score (nSPS) is 13.8. The number of aliphatic hydroxyl groups is 1. The number of likely N-dealkylation sites (N-methyl/N-ethyl adjacent to an activating group) is 1. The van der Waals surface area contributed by atoms with Gasteiger partial charge in [-0.15, -0.1) is 0 Å². The maximum absolute atomic E-state index is 13.0. The SMILES string of the molecule is CCCCCCCCCCCCCCCCCC/C=C/C(O)C(COP(=O)(O)OCC[N+](C)(C)C)NC(=O)CCCCCCCCCCCCCCCCCCCCCCCCCCCCCCCCCC. The van der Waals surface area contributed by atoms with E-state index in [1.54, 1.807) is 6.08 Å². The number of rotatable bonds is 60. The van der Waals surface area contributed by atoms with Crippen LogP contribution in [0.2, 0.25) is 0 Å². The van der Waals surface area contributed by atoms with Gasteiger partial charge in [-0.3, -0.25) is 13.8 Å². The number of aliphatic hydroxyl groups excluding tert-OH is 1. The molecule has 0 rings (SSSR count). The topological polar surface area (TPSA) is 105 Å². The molecule has 3 atom stereocenters. The summed E-state index contributed by atoms with van der Waals surface area (Å²) in [4.78, 5) is 23.3. The first-order valence-corrected chi connectivity index (χ1v) is 33.6. The van der Waals surface area contributed by atoms with Crippen LogP contribution in [0.1, 0.15) is 335 Å². The third-order valence-corrected chi connectivity index (χ3v) is 16.0. The van der Waals surface area contributed by atoms with Crippen molar-refractivity contribution in [2.75, 3.05) is 40.9 Å². The number of phosphoric ester groups is 1. The minimum Gasteiger partial charge on any atom is -0.387 e. The zero-order valence-corrected chi connectivity index (χ0v) is 50.1. The van der Waals surface area contributed by atoms with Crippen LogP contribution in [-0.2, 0) is 18.4 Å². The van der Waals surface area contributed by atoms with E-state index in [4.69, 9.17) is 9.05 Å². The Kier molecular flexibility index (Phi) is 54.4. The summed E-state index contributed by atoms with van der Waals surface area (Å²) in [6.45, 7) is 4.87. The molecule has 8 nitrogen and oxygen atoms in total. The molecule has 9 heteroatoms. The summed E-state index contributed by atoms with van der Waals surface area (Å²) in [5, 5.41) is 14.0. The quantitative estimate of drug-likeness (QED) is 0.0243. The average Bonchev–Trinajstić information content (AvgIpc) is 3.34. The lowest BCUT2D eigenvalue weighted by Crippen LogP contribution is -2.45. The van der Waals surface area contributed by atoms with Gasteiger partial charge in [0.2, 0.25) is 5.91 Å². The first-order chi connectivity index (χ1) is 35.0.